The van der Waals surface area contributed by atoms with Gasteiger partial charge in [-0.1, -0.05) is 16.8 Å². The Kier molecular flexibility index (Phi) is 4.67. The van der Waals surface area contributed by atoms with Crippen LogP contribution in [0.1, 0.15) is 18.7 Å². The number of aromatic nitrogens is 2. The second-order valence-electron chi connectivity index (χ2n) is 4.82. The van der Waals surface area contributed by atoms with Crippen molar-refractivity contribution in [2.24, 2.45) is 5.73 Å². The first-order chi connectivity index (χ1) is 10.3. The highest BCUT2D eigenvalue weighted by Crippen LogP contribution is 2.31. The largest absolute Gasteiger partial charge is 0.488 e. The number of nitrogens with zero attached hydrogens (tertiary/aromatic N) is 2. The van der Waals surface area contributed by atoms with Gasteiger partial charge in [-0.3, -0.25) is 0 Å². The average Bonchev–Trinajstić information content (AvgIpc) is 2.99. The van der Waals surface area contributed by atoms with Crippen molar-refractivity contribution in [3.05, 3.63) is 29.1 Å². The smallest absolute Gasteiger partial charge is 0.240 e. The third kappa shape index (κ3) is 3.51. The van der Waals surface area contributed by atoms with E-state index in [2.05, 4.69) is 10.1 Å². The number of benzene rings is 1. The van der Waals surface area contributed by atoms with Crippen LogP contribution < -0.4 is 10.5 Å². The van der Waals surface area contributed by atoms with Crippen LogP contribution in [0.2, 0.25) is 5.02 Å². The molecule has 1 saturated heterocycles. The van der Waals surface area contributed by atoms with Gasteiger partial charge in [0.2, 0.25) is 11.7 Å². The molecule has 112 valence electrons. The first kappa shape index (κ1) is 14.7. The van der Waals surface area contributed by atoms with Crippen molar-refractivity contribution >= 4 is 23.4 Å². The van der Waals surface area contributed by atoms with Crippen LogP contribution >= 0.6 is 23.4 Å². The molecule has 0 radical (unpaired) electrons. The molecule has 1 fully saturated rings. The van der Waals surface area contributed by atoms with Gasteiger partial charge in [-0.05, 0) is 36.8 Å². The third-order valence-corrected chi connectivity index (χ3v) is 4.73. The lowest BCUT2D eigenvalue weighted by molar-refractivity contribution is 0.211. The molecule has 5 nitrogen and oxygen atoms in total. The van der Waals surface area contributed by atoms with E-state index in [1.165, 1.54) is 12.2 Å². The molecule has 7 heteroatoms. The van der Waals surface area contributed by atoms with Crippen molar-refractivity contribution in [3.63, 3.8) is 0 Å². The number of ether oxygens (including phenoxy) is 1. The predicted octanol–water partition coefficient (Wildman–Crippen LogP) is 3.12. The molecule has 1 aliphatic rings. The standard InChI is InChI=1S/C14H16ClN3O2S/c15-11-6-9(14-17-13(7-16)20-18-14)3-4-12(11)19-10-2-1-5-21-8-10/h3-4,6,10H,1-2,5,7-8,16H2. The molecule has 0 aliphatic carbocycles. The molecule has 1 aromatic heterocycles. The normalized spacial score (nSPS) is 18.7. The summed E-state index contributed by atoms with van der Waals surface area (Å²) in [4.78, 5) is 4.18. The summed E-state index contributed by atoms with van der Waals surface area (Å²) in [5, 5.41) is 4.43. The van der Waals surface area contributed by atoms with Crippen LogP contribution in [0.15, 0.2) is 22.7 Å². The zero-order valence-electron chi connectivity index (χ0n) is 11.4. The summed E-state index contributed by atoms with van der Waals surface area (Å²) in [6.45, 7) is 0.223. The fourth-order valence-electron chi connectivity index (χ4n) is 2.17. The highest BCUT2D eigenvalue weighted by molar-refractivity contribution is 7.99. The molecule has 0 saturated carbocycles. The summed E-state index contributed by atoms with van der Waals surface area (Å²) in [6.07, 6.45) is 2.51. The second kappa shape index (κ2) is 6.68. The molecule has 3 rings (SSSR count). The van der Waals surface area contributed by atoms with Gasteiger partial charge in [0.05, 0.1) is 11.6 Å². The summed E-state index contributed by atoms with van der Waals surface area (Å²) in [5.41, 5.74) is 6.24. The van der Waals surface area contributed by atoms with Crippen LogP contribution in [0.3, 0.4) is 0 Å². The van der Waals surface area contributed by atoms with Crippen LogP contribution in [0.5, 0.6) is 5.75 Å². The van der Waals surface area contributed by atoms with Crippen molar-refractivity contribution < 1.29 is 9.26 Å². The van der Waals surface area contributed by atoms with Gasteiger partial charge in [0.15, 0.2) is 0 Å². The summed E-state index contributed by atoms with van der Waals surface area (Å²) < 4.78 is 11.0. The van der Waals surface area contributed by atoms with Crippen LogP contribution in [-0.4, -0.2) is 27.8 Å². The first-order valence-electron chi connectivity index (χ1n) is 6.83. The molecule has 2 heterocycles. The van der Waals surface area contributed by atoms with E-state index in [0.29, 0.717) is 22.5 Å². The Bertz CT molecular complexity index is 614. The minimum Gasteiger partial charge on any atom is -0.488 e. The minimum absolute atomic E-state index is 0.223. The fraction of sp³-hybridized carbons (Fsp3) is 0.429. The molecule has 1 aliphatic heterocycles. The number of nitrogens with two attached hydrogens (primary N) is 1. The summed E-state index contributed by atoms with van der Waals surface area (Å²) in [6, 6.07) is 5.52. The molecule has 0 amide bonds. The molecule has 1 aromatic carbocycles. The maximum Gasteiger partial charge on any atom is 0.240 e. The van der Waals surface area contributed by atoms with Gasteiger partial charge in [-0.15, -0.1) is 0 Å². The molecule has 2 N–H and O–H groups in total. The minimum atomic E-state index is 0.223. The third-order valence-electron chi connectivity index (χ3n) is 3.24. The van der Waals surface area contributed by atoms with E-state index < -0.39 is 0 Å². The van der Waals surface area contributed by atoms with Crippen LogP contribution in [-0.2, 0) is 6.54 Å². The zero-order valence-corrected chi connectivity index (χ0v) is 13.0. The van der Waals surface area contributed by atoms with Crippen molar-refractivity contribution in [2.75, 3.05) is 11.5 Å². The zero-order chi connectivity index (χ0) is 14.7. The topological polar surface area (TPSA) is 74.2 Å². The molecule has 0 spiro atoms. The number of rotatable bonds is 4. The van der Waals surface area contributed by atoms with Crippen molar-refractivity contribution in [2.45, 2.75) is 25.5 Å². The Balaban J connectivity index is 1.75. The first-order valence-corrected chi connectivity index (χ1v) is 8.36. The molecule has 1 atom stereocenters. The molecule has 21 heavy (non-hydrogen) atoms. The SMILES string of the molecule is NCc1nc(-c2ccc(OC3CCCSC3)c(Cl)c2)no1. The Morgan fingerprint density at radius 2 is 2.38 bits per heavy atom. The highest BCUT2D eigenvalue weighted by atomic mass is 35.5. The van der Waals surface area contributed by atoms with E-state index in [-0.39, 0.29) is 12.6 Å². The van der Waals surface area contributed by atoms with Crippen LogP contribution in [0, 0.1) is 0 Å². The quantitative estimate of drug-likeness (QED) is 0.931. The Hall–Kier alpha value is -1.24. The van der Waals surface area contributed by atoms with E-state index in [1.807, 2.05) is 23.9 Å². The molecular formula is C14H16ClN3O2S. The molecule has 1 unspecified atom stereocenters. The van der Waals surface area contributed by atoms with Crippen molar-refractivity contribution in [3.8, 4) is 17.1 Å². The highest BCUT2D eigenvalue weighted by Gasteiger charge is 2.17. The van der Waals surface area contributed by atoms with Gasteiger partial charge < -0.3 is 15.0 Å². The molecule has 2 aromatic rings. The van der Waals surface area contributed by atoms with Crippen LogP contribution in [0.25, 0.3) is 11.4 Å². The number of hydrogen-bond donors (Lipinski definition) is 1. The van der Waals surface area contributed by atoms with Gasteiger partial charge in [-0.2, -0.15) is 16.7 Å². The average molecular weight is 326 g/mol. The van der Waals surface area contributed by atoms with Crippen LogP contribution in [0.4, 0.5) is 0 Å². The number of thioether (sulfide) groups is 1. The lowest BCUT2D eigenvalue weighted by atomic mass is 10.2. The predicted molar refractivity (Wildman–Crippen MR) is 83.6 cm³/mol. The summed E-state index contributed by atoms with van der Waals surface area (Å²) >= 11 is 8.22. The summed E-state index contributed by atoms with van der Waals surface area (Å²) in [7, 11) is 0. The van der Waals surface area contributed by atoms with Crippen molar-refractivity contribution in [1.82, 2.24) is 10.1 Å². The van der Waals surface area contributed by atoms with Gasteiger partial charge in [-0.25, -0.2) is 0 Å². The van der Waals surface area contributed by atoms with E-state index in [1.54, 1.807) is 6.07 Å². The van der Waals surface area contributed by atoms with E-state index >= 15 is 0 Å². The fourth-order valence-corrected chi connectivity index (χ4v) is 3.43. The second-order valence-corrected chi connectivity index (χ2v) is 6.38. The van der Waals surface area contributed by atoms with Gasteiger partial charge in [0.25, 0.3) is 0 Å². The van der Waals surface area contributed by atoms with Crippen molar-refractivity contribution in [1.29, 1.82) is 0 Å². The summed E-state index contributed by atoms with van der Waals surface area (Å²) in [5.74, 6) is 3.82. The molecular weight excluding hydrogens is 310 g/mol. The number of halogens is 1. The Morgan fingerprint density at radius 3 is 3.05 bits per heavy atom. The monoisotopic (exact) mass is 325 g/mol. The maximum absolute atomic E-state index is 6.30. The maximum atomic E-state index is 6.30. The Morgan fingerprint density at radius 1 is 1.48 bits per heavy atom. The lowest BCUT2D eigenvalue weighted by Crippen LogP contribution is -2.23. The lowest BCUT2D eigenvalue weighted by Gasteiger charge is -2.23. The molecule has 0 bridgehead atoms. The number of hydrogen-bond acceptors (Lipinski definition) is 6. The van der Waals surface area contributed by atoms with E-state index in [4.69, 9.17) is 26.6 Å². The van der Waals surface area contributed by atoms with Gasteiger partial charge >= 0.3 is 0 Å². The van der Waals surface area contributed by atoms with E-state index in [9.17, 15) is 0 Å². The Labute approximate surface area is 132 Å². The van der Waals surface area contributed by atoms with E-state index in [0.717, 1.165) is 17.7 Å². The van der Waals surface area contributed by atoms with Gasteiger partial charge in [0.1, 0.15) is 11.9 Å². The van der Waals surface area contributed by atoms with Gasteiger partial charge in [0, 0.05) is 11.3 Å².